The number of carbonyl (C=O) groups is 1. The molecule has 6 nitrogen and oxygen atoms in total. The molecule has 0 atom stereocenters. The molecule has 4 aromatic rings. The Hall–Kier alpha value is -3.75. The zero-order valence-electron chi connectivity index (χ0n) is 16.4. The molecule has 0 unspecified atom stereocenters. The van der Waals surface area contributed by atoms with E-state index in [4.69, 9.17) is 0 Å². The lowest BCUT2D eigenvalue weighted by Crippen LogP contribution is -2.36. The van der Waals surface area contributed by atoms with E-state index in [2.05, 4.69) is 15.1 Å². The molecule has 1 aliphatic heterocycles. The quantitative estimate of drug-likeness (QED) is 0.462. The summed E-state index contributed by atoms with van der Waals surface area (Å²) < 4.78 is 42.4. The van der Waals surface area contributed by atoms with Crippen LogP contribution in [0, 0.1) is 17.5 Å². The minimum atomic E-state index is -1.50. The maximum atomic E-state index is 13.8. The fourth-order valence-electron chi connectivity index (χ4n) is 4.05. The lowest BCUT2D eigenvalue weighted by Gasteiger charge is -2.26. The molecule has 9 heteroatoms. The second-order valence-corrected chi connectivity index (χ2v) is 7.42. The number of nitrogens with zero attached hydrogens (tertiary/aromatic N) is 5. The van der Waals surface area contributed by atoms with E-state index in [1.807, 2.05) is 0 Å². The molecule has 0 saturated heterocycles. The number of hydrogen-bond acceptors (Lipinski definition) is 4. The zero-order chi connectivity index (χ0) is 21.7. The third-order valence-corrected chi connectivity index (χ3v) is 5.50. The van der Waals surface area contributed by atoms with Crippen LogP contribution in [-0.4, -0.2) is 37.1 Å². The van der Waals surface area contributed by atoms with Crippen molar-refractivity contribution >= 4 is 16.8 Å². The smallest absolute Gasteiger partial charge is 0.254 e. The van der Waals surface area contributed by atoms with E-state index in [1.54, 1.807) is 36.3 Å². The summed E-state index contributed by atoms with van der Waals surface area (Å²) in [6.45, 7) is 0.678. The third-order valence-electron chi connectivity index (χ3n) is 5.50. The Kier molecular flexibility index (Phi) is 4.46. The number of benzene rings is 2. The van der Waals surface area contributed by atoms with Crippen LogP contribution in [0.15, 0.2) is 42.9 Å². The number of aryl methyl sites for hydroxylation is 1. The first-order valence-electron chi connectivity index (χ1n) is 9.61. The number of amides is 1. The summed E-state index contributed by atoms with van der Waals surface area (Å²) >= 11 is 0. The fourth-order valence-corrected chi connectivity index (χ4v) is 4.05. The van der Waals surface area contributed by atoms with Crippen LogP contribution in [0.5, 0.6) is 0 Å². The van der Waals surface area contributed by atoms with E-state index >= 15 is 0 Å². The van der Waals surface area contributed by atoms with Crippen molar-refractivity contribution in [1.29, 1.82) is 0 Å². The summed E-state index contributed by atoms with van der Waals surface area (Å²) in [6, 6.07) is 7.17. The molecule has 2 aromatic carbocycles. The summed E-state index contributed by atoms with van der Waals surface area (Å²) in [6.07, 6.45) is 3.56. The summed E-state index contributed by atoms with van der Waals surface area (Å²) in [4.78, 5) is 22.9. The molecule has 2 aromatic heterocycles. The minimum absolute atomic E-state index is 0.150. The van der Waals surface area contributed by atoms with Crippen LogP contribution in [0.3, 0.4) is 0 Å². The molecule has 1 aliphatic rings. The highest BCUT2D eigenvalue weighted by Crippen LogP contribution is 2.32. The summed E-state index contributed by atoms with van der Waals surface area (Å²) in [5.41, 5.74) is 3.44. The molecule has 0 saturated carbocycles. The maximum Gasteiger partial charge on any atom is 0.254 e. The summed E-state index contributed by atoms with van der Waals surface area (Å²) in [5, 5.41) is 5.22. The van der Waals surface area contributed by atoms with Crippen LogP contribution in [0.2, 0.25) is 0 Å². The number of fused-ring (bicyclic) bond motifs is 2. The number of aromatic nitrogens is 4. The Balaban J connectivity index is 1.46. The van der Waals surface area contributed by atoms with Crippen LogP contribution < -0.4 is 0 Å². The molecule has 31 heavy (non-hydrogen) atoms. The second-order valence-electron chi connectivity index (χ2n) is 7.42. The molecule has 5 rings (SSSR count). The number of carbonyl (C=O) groups excluding carboxylic acids is 1. The van der Waals surface area contributed by atoms with Gasteiger partial charge in [0.1, 0.15) is 6.33 Å². The topological polar surface area (TPSA) is 63.9 Å². The van der Waals surface area contributed by atoms with Gasteiger partial charge in [-0.05, 0) is 36.8 Å². The van der Waals surface area contributed by atoms with Gasteiger partial charge in [0.05, 0.1) is 23.4 Å². The SMILES string of the molecule is Cn1nc2c(c1-c1cc(F)c(F)c(F)c1)CCN(C(=O)c1ccc3ncncc3c1)C2. The predicted octanol–water partition coefficient (Wildman–Crippen LogP) is 3.65. The van der Waals surface area contributed by atoms with Crippen LogP contribution in [0.25, 0.3) is 22.2 Å². The number of hydrogen-bond donors (Lipinski definition) is 0. The van der Waals surface area contributed by atoms with Crippen molar-refractivity contribution < 1.29 is 18.0 Å². The minimum Gasteiger partial charge on any atom is -0.332 e. The molecule has 156 valence electrons. The van der Waals surface area contributed by atoms with Crippen LogP contribution in [-0.2, 0) is 20.0 Å². The van der Waals surface area contributed by atoms with Gasteiger partial charge in [-0.3, -0.25) is 9.48 Å². The van der Waals surface area contributed by atoms with Gasteiger partial charge < -0.3 is 4.90 Å². The largest absolute Gasteiger partial charge is 0.332 e. The van der Waals surface area contributed by atoms with E-state index in [9.17, 15) is 18.0 Å². The van der Waals surface area contributed by atoms with Crippen molar-refractivity contribution in [2.24, 2.45) is 7.05 Å². The molecule has 0 N–H and O–H groups in total. The highest BCUT2D eigenvalue weighted by Gasteiger charge is 2.28. The molecule has 1 amide bonds. The van der Waals surface area contributed by atoms with Crippen molar-refractivity contribution in [1.82, 2.24) is 24.6 Å². The van der Waals surface area contributed by atoms with Gasteiger partial charge in [-0.15, -0.1) is 0 Å². The van der Waals surface area contributed by atoms with Gasteiger partial charge in [-0.2, -0.15) is 5.10 Å². The fraction of sp³-hybridized carbons (Fsp3) is 0.182. The van der Waals surface area contributed by atoms with Crippen molar-refractivity contribution in [2.75, 3.05) is 6.54 Å². The van der Waals surface area contributed by atoms with Gasteiger partial charge in [0.25, 0.3) is 5.91 Å². The standard InChI is InChI=1S/C22H16F3N5O/c1-29-21(13-7-16(23)20(25)17(24)8-13)15-4-5-30(10-19(15)28-29)22(31)12-2-3-18-14(6-12)9-26-11-27-18/h2-3,6-9,11H,4-5,10H2,1H3. The Morgan fingerprint density at radius 2 is 1.87 bits per heavy atom. The predicted molar refractivity (Wildman–Crippen MR) is 107 cm³/mol. The van der Waals surface area contributed by atoms with Crippen LogP contribution >= 0.6 is 0 Å². The average Bonchev–Trinajstić information content (AvgIpc) is 3.11. The van der Waals surface area contributed by atoms with Gasteiger partial charge in [0.2, 0.25) is 0 Å². The first-order chi connectivity index (χ1) is 14.9. The monoisotopic (exact) mass is 423 g/mol. The Bertz CT molecular complexity index is 1330. The van der Waals surface area contributed by atoms with E-state index in [0.717, 1.165) is 28.6 Å². The Morgan fingerprint density at radius 3 is 2.65 bits per heavy atom. The van der Waals surface area contributed by atoms with E-state index in [0.29, 0.717) is 29.9 Å². The van der Waals surface area contributed by atoms with Crippen molar-refractivity contribution in [2.45, 2.75) is 13.0 Å². The number of halogens is 3. The Morgan fingerprint density at radius 1 is 1.10 bits per heavy atom. The third kappa shape index (κ3) is 3.22. The van der Waals surface area contributed by atoms with E-state index < -0.39 is 17.5 Å². The summed E-state index contributed by atoms with van der Waals surface area (Å²) in [7, 11) is 1.66. The van der Waals surface area contributed by atoms with Gasteiger partial charge in [0, 0.05) is 41.9 Å². The van der Waals surface area contributed by atoms with Gasteiger partial charge in [-0.25, -0.2) is 23.1 Å². The molecule has 0 bridgehead atoms. The second kappa shape index (κ2) is 7.19. The molecular formula is C22H16F3N5O. The molecular weight excluding hydrogens is 407 g/mol. The van der Waals surface area contributed by atoms with Crippen LogP contribution in [0.4, 0.5) is 13.2 Å². The Labute approximate surface area is 175 Å². The highest BCUT2D eigenvalue weighted by molar-refractivity contribution is 5.98. The highest BCUT2D eigenvalue weighted by atomic mass is 19.2. The average molecular weight is 423 g/mol. The molecule has 3 heterocycles. The van der Waals surface area contributed by atoms with E-state index in [-0.39, 0.29) is 18.0 Å². The van der Waals surface area contributed by atoms with Crippen molar-refractivity contribution in [3.05, 3.63) is 77.1 Å². The molecule has 0 fully saturated rings. The van der Waals surface area contributed by atoms with Crippen LogP contribution in [0.1, 0.15) is 21.6 Å². The summed E-state index contributed by atoms with van der Waals surface area (Å²) in [5.74, 6) is -4.16. The lowest BCUT2D eigenvalue weighted by molar-refractivity contribution is 0.0732. The first-order valence-corrected chi connectivity index (χ1v) is 9.61. The molecule has 0 radical (unpaired) electrons. The normalized spacial score (nSPS) is 13.5. The zero-order valence-corrected chi connectivity index (χ0v) is 16.4. The van der Waals surface area contributed by atoms with Gasteiger partial charge in [-0.1, -0.05) is 0 Å². The van der Waals surface area contributed by atoms with E-state index in [1.165, 1.54) is 11.0 Å². The number of rotatable bonds is 2. The lowest BCUT2D eigenvalue weighted by atomic mass is 9.99. The van der Waals surface area contributed by atoms with Crippen molar-refractivity contribution in [3.63, 3.8) is 0 Å². The molecule has 0 spiro atoms. The van der Waals surface area contributed by atoms with Crippen molar-refractivity contribution in [3.8, 4) is 11.3 Å². The molecule has 0 aliphatic carbocycles. The first kappa shape index (κ1) is 19.2. The van der Waals surface area contributed by atoms with Gasteiger partial charge >= 0.3 is 0 Å². The maximum absolute atomic E-state index is 13.8. The van der Waals surface area contributed by atoms with Gasteiger partial charge in [0.15, 0.2) is 17.5 Å².